The Morgan fingerprint density at radius 2 is 1.38 bits per heavy atom. The SMILES string of the molecule is CCCCCCCCCCCCCCCCCC(=O)O[C@H]1CC[C@@]2(C)C(=CC[C@H]3[C@@H]4CC[C@H]([C@H](C)CCCC(C)C)[C@@]4(C)CC[C@@H]32)C1.[H-].[H-].[Mg+2]. The molecule has 0 radical (unpaired) electrons. The Labute approximate surface area is 319 Å². The fourth-order valence-electron chi connectivity index (χ4n) is 11.6. The fourth-order valence-corrected chi connectivity index (χ4v) is 11.6. The molecule has 0 aromatic heterocycles. The summed E-state index contributed by atoms with van der Waals surface area (Å²) in [6, 6.07) is 0. The van der Waals surface area contributed by atoms with Gasteiger partial charge in [-0.25, -0.2) is 0 Å². The maximum atomic E-state index is 12.8. The predicted octanol–water partition coefficient (Wildman–Crippen LogP) is 14.0. The summed E-state index contributed by atoms with van der Waals surface area (Å²) in [6.07, 6.45) is 38.4. The molecule has 4 aliphatic rings. The summed E-state index contributed by atoms with van der Waals surface area (Å²) in [5.41, 5.74) is 2.54. The zero-order chi connectivity index (χ0) is 33.7. The first-order valence-corrected chi connectivity index (χ1v) is 21.6. The first kappa shape index (κ1) is 42.4. The number of hydrogen-bond donors (Lipinski definition) is 0. The van der Waals surface area contributed by atoms with Gasteiger partial charge in [-0.05, 0) is 97.7 Å². The Hall–Kier alpha value is -0.0238. The van der Waals surface area contributed by atoms with Crippen LogP contribution in [-0.2, 0) is 9.53 Å². The monoisotopic (exact) mass is 679 g/mol. The molecule has 0 saturated heterocycles. The molecule has 4 rings (SSSR count). The van der Waals surface area contributed by atoms with Crippen molar-refractivity contribution in [2.45, 2.75) is 221 Å². The fraction of sp³-hybridized carbons (Fsp3) is 0.933. The van der Waals surface area contributed by atoms with E-state index in [1.54, 1.807) is 5.57 Å². The number of esters is 1. The number of rotatable bonds is 22. The molecule has 2 nitrogen and oxygen atoms in total. The van der Waals surface area contributed by atoms with Crippen LogP contribution in [0.4, 0.5) is 0 Å². The van der Waals surface area contributed by atoms with Gasteiger partial charge in [-0.15, -0.1) is 0 Å². The zero-order valence-corrected chi connectivity index (χ0v) is 34.6. The summed E-state index contributed by atoms with van der Waals surface area (Å²) < 4.78 is 6.13. The van der Waals surface area contributed by atoms with Crippen molar-refractivity contribution in [1.82, 2.24) is 0 Å². The molecule has 276 valence electrons. The number of fused-ring (bicyclic) bond motifs is 5. The van der Waals surface area contributed by atoms with Crippen molar-refractivity contribution in [1.29, 1.82) is 0 Å². The molecule has 48 heavy (non-hydrogen) atoms. The van der Waals surface area contributed by atoms with Crippen LogP contribution in [0.25, 0.3) is 0 Å². The molecule has 4 aliphatic carbocycles. The van der Waals surface area contributed by atoms with Gasteiger partial charge in [0.1, 0.15) is 6.10 Å². The minimum atomic E-state index is 0. The van der Waals surface area contributed by atoms with E-state index in [0.29, 0.717) is 17.3 Å². The quantitative estimate of drug-likeness (QED) is 0.0493. The minimum Gasteiger partial charge on any atom is -1.00 e. The Morgan fingerprint density at radius 1 is 0.771 bits per heavy atom. The maximum Gasteiger partial charge on any atom is 2.00 e. The third-order valence-electron chi connectivity index (χ3n) is 14.5. The third kappa shape index (κ3) is 11.7. The van der Waals surface area contributed by atoms with Gasteiger partial charge < -0.3 is 7.59 Å². The molecule has 0 N–H and O–H groups in total. The topological polar surface area (TPSA) is 26.3 Å². The van der Waals surface area contributed by atoms with E-state index in [1.807, 2.05) is 0 Å². The number of ether oxygens (including phenoxy) is 1. The number of carbonyl (C=O) groups excluding carboxylic acids is 1. The number of allylic oxidation sites excluding steroid dienone is 1. The third-order valence-corrected chi connectivity index (χ3v) is 14.5. The van der Waals surface area contributed by atoms with Crippen LogP contribution in [0, 0.1) is 46.3 Å². The van der Waals surface area contributed by atoms with Gasteiger partial charge in [0.25, 0.3) is 0 Å². The summed E-state index contributed by atoms with van der Waals surface area (Å²) in [5.74, 6) is 5.34. The molecule has 8 atom stereocenters. The first-order valence-electron chi connectivity index (χ1n) is 21.6. The Bertz CT molecular complexity index is 953. The van der Waals surface area contributed by atoms with Crippen LogP contribution in [0.15, 0.2) is 11.6 Å². The van der Waals surface area contributed by atoms with Gasteiger partial charge in [0.2, 0.25) is 0 Å². The van der Waals surface area contributed by atoms with Crippen molar-refractivity contribution in [3.63, 3.8) is 0 Å². The van der Waals surface area contributed by atoms with E-state index in [1.165, 1.54) is 148 Å². The van der Waals surface area contributed by atoms with Gasteiger partial charge in [0.15, 0.2) is 0 Å². The van der Waals surface area contributed by atoms with Crippen LogP contribution in [0.2, 0.25) is 0 Å². The number of hydrogen-bond acceptors (Lipinski definition) is 2. The molecule has 0 amide bonds. The van der Waals surface area contributed by atoms with Gasteiger partial charge >= 0.3 is 29.0 Å². The molecule has 3 fully saturated rings. The van der Waals surface area contributed by atoms with Crippen LogP contribution in [-0.4, -0.2) is 35.1 Å². The second kappa shape index (κ2) is 21.5. The molecule has 0 bridgehead atoms. The largest absolute Gasteiger partial charge is 2.00 e. The van der Waals surface area contributed by atoms with E-state index in [-0.39, 0.29) is 38.0 Å². The van der Waals surface area contributed by atoms with Crippen molar-refractivity contribution in [2.75, 3.05) is 0 Å². The Kier molecular flexibility index (Phi) is 19.0. The van der Waals surface area contributed by atoms with E-state index in [2.05, 4.69) is 47.6 Å². The van der Waals surface area contributed by atoms with Gasteiger partial charge in [-0.3, -0.25) is 4.79 Å². The zero-order valence-electron chi connectivity index (χ0n) is 35.2. The summed E-state index contributed by atoms with van der Waals surface area (Å²) >= 11 is 0. The summed E-state index contributed by atoms with van der Waals surface area (Å²) in [5, 5.41) is 0. The van der Waals surface area contributed by atoms with Crippen molar-refractivity contribution in [3.05, 3.63) is 11.6 Å². The van der Waals surface area contributed by atoms with E-state index < -0.39 is 0 Å². The van der Waals surface area contributed by atoms with Gasteiger partial charge in [-0.1, -0.05) is 162 Å². The molecule has 0 unspecified atom stereocenters. The molecule has 0 aliphatic heterocycles. The first-order chi connectivity index (χ1) is 22.7. The summed E-state index contributed by atoms with van der Waals surface area (Å²) in [4.78, 5) is 12.8. The second-order valence-electron chi connectivity index (χ2n) is 18.3. The predicted molar refractivity (Wildman–Crippen MR) is 210 cm³/mol. The standard InChI is InChI=1S/C45H80O2.Mg.2H/c1-7-8-9-10-11-12-13-14-15-16-17-18-19-20-21-25-43(46)47-38-30-32-44(5)37(34-38)26-27-39-41-29-28-40(36(4)24-22-23-35(2)3)45(41,6)33-31-42(39)44;;;/h26,35-36,38-42H,7-25,27-34H2,1-6H3;;;/q;+2;2*-1/t36-,38+,39+,40-,41+,42+,44+,45-;;;/m1.../s1. The van der Waals surface area contributed by atoms with Crippen LogP contribution >= 0.6 is 0 Å². The van der Waals surface area contributed by atoms with Gasteiger partial charge in [0, 0.05) is 12.8 Å². The van der Waals surface area contributed by atoms with Crippen LogP contribution in [0.1, 0.15) is 218 Å². The van der Waals surface area contributed by atoms with Crippen molar-refractivity contribution >= 4 is 29.0 Å². The second-order valence-corrected chi connectivity index (χ2v) is 18.3. The number of carbonyl (C=O) groups is 1. The molecule has 0 spiro atoms. The van der Waals surface area contributed by atoms with E-state index in [0.717, 1.165) is 54.8 Å². The van der Waals surface area contributed by atoms with Crippen molar-refractivity contribution in [3.8, 4) is 0 Å². The smallest absolute Gasteiger partial charge is 1.00 e. The van der Waals surface area contributed by atoms with Gasteiger partial charge in [0.05, 0.1) is 0 Å². The minimum absolute atomic E-state index is 0. The average molecular weight is 679 g/mol. The van der Waals surface area contributed by atoms with Crippen LogP contribution < -0.4 is 0 Å². The van der Waals surface area contributed by atoms with Crippen molar-refractivity contribution in [2.24, 2.45) is 46.3 Å². The van der Waals surface area contributed by atoms with E-state index in [9.17, 15) is 4.79 Å². The molecule has 0 aromatic carbocycles. The summed E-state index contributed by atoms with van der Waals surface area (Å²) in [7, 11) is 0. The normalized spacial score (nSPS) is 31.7. The molecular weight excluding hydrogens is 597 g/mol. The van der Waals surface area contributed by atoms with E-state index >= 15 is 0 Å². The average Bonchev–Trinajstić information content (AvgIpc) is 3.40. The Morgan fingerprint density at radius 3 is 1.98 bits per heavy atom. The molecule has 3 heteroatoms. The van der Waals surface area contributed by atoms with Gasteiger partial charge in [-0.2, -0.15) is 0 Å². The van der Waals surface area contributed by atoms with Crippen LogP contribution in [0.5, 0.6) is 0 Å². The number of unbranched alkanes of at least 4 members (excludes halogenated alkanes) is 14. The molecule has 3 saturated carbocycles. The Balaban J connectivity index is 0.00000417. The van der Waals surface area contributed by atoms with Crippen molar-refractivity contribution < 1.29 is 12.4 Å². The molecular formula is C45H82MgO2. The maximum absolute atomic E-state index is 12.8. The molecule has 0 heterocycles. The summed E-state index contributed by atoms with van der Waals surface area (Å²) in [6.45, 7) is 15.0. The van der Waals surface area contributed by atoms with Crippen LogP contribution in [0.3, 0.4) is 0 Å². The molecule has 0 aromatic rings. The van der Waals surface area contributed by atoms with E-state index in [4.69, 9.17) is 4.74 Å².